The molecule has 0 fully saturated rings. The van der Waals surface area contributed by atoms with Gasteiger partial charge in [0.05, 0.1) is 28.0 Å². The summed E-state index contributed by atoms with van der Waals surface area (Å²) in [5.41, 5.74) is 16.0. The number of pyridine rings is 3. The number of aryl methyl sites for hydroxylation is 1. The van der Waals surface area contributed by atoms with Gasteiger partial charge in [0.1, 0.15) is 0 Å². The molecule has 0 amide bonds. The molecule has 10 aromatic rings. The van der Waals surface area contributed by atoms with E-state index < -0.39 is 13.3 Å². The first kappa shape index (κ1) is 51.9. The number of aromatic nitrogens is 5. The summed E-state index contributed by atoms with van der Waals surface area (Å²) < 4.78 is 10.6. The molecule has 0 spiro atoms. The Hall–Kier alpha value is -5.47. The Kier molecular flexibility index (Phi) is 14.8. The number of nitrogens with zero attached hydrogens (tertiary/aromatic N) is 5. The zero-order valence-electron chi connectivity index (χ0n) is 44.4. The van der Waals surface area contributed by atoms with Gasteiger partial charge in [-0.1, -0.05) is 76.8 Å². The van der Waals surface area contributed by atoms with Crippen molar-refractivity contribution in [1.29, 1.82) is 0 Å². The van der Waals surface area contributed by atoms with Crippen molar-refractivity contribution in [3.05, 3.63) is 155 Å². The van der Waals surface area contributed by atoms with Crippen LogP contribution in [0.5, 0.6) is 0 Å². The van der Waals surface area contributed by atoms with Crippen molar-refractivity contribution >= 4 is 72.4 Å². The maximum atomic E-state index is 6.64. The van der Waals surface area contributed by atoms with Gasteiger partial charge in [-0.15, -0.1) is 18.2 Å². The molecule has 0 unspecified atom stereocenters. The molecule has 71 heavy (non-hydrogen) atoms. The minimum Gasteiger partial charge on any atom is -0.486 e. The van der Waals surface area contributed by atoms with E-state index in [1.807, 2.05) is 19.1 Å². The number of hydrogen-bond donors (Lipinski definition) is 0. The normalized spacial score (nSPS) is 12.3. The fourth-order valence-electron chi connectivity index (χ4n) is 10.1. The second kappa shape index (κ2) is 20.2. The molecule has 5 aromatic heterocycles. The Morgan fingerprint density at radius 2 is 1.41 bits per heavy atom. The van der Waals surface area contributed by atoms with Crippen LogP contribution in [0.4, 0.5) is 0 Å². The van der Waals surface area contributed by atoms with Crippen LogP contribution in [0.1, 0.15) is 128 Å². The zero-order chi connectivity index (χ0) is 50.0. The number of furan rings is 1. The third-order valence-electron chi connectivity index (χ3n) is 13.6. The smallest absolute Gasteiger partial charge is 0.216 e. The second-order valence-corrected chi connectivity index (χ2v) is 33.3. The summed E-state index contributed by atoms with van der Waals surface area (Å²) in [6, 6.07) is 43.6. The Morgan fingerprint density at radius 3 is 2.10 bits per heavy atom. The van der Waals surface area contributed by atoms with Crippen molar-refractivity contribution in [2.75, 3.05) is 0 Å². The van der Waals surface area contributed by atoms with E-state index in [0.29, 0.717) is 17.5 Å². The van der Waals surface area contributed by atoms with Crippen molar-refractivity contribution < 1.29 is 24.5 Å². The van der Waals surface area contributed by atoms with Crippen LogP contribution in [-0.4, -0.2) is 37.8 Å². The molecule has 10 rings (SSSR count). The van der Waals surface area contributed by atoms with Gasteiger partial charge < -0.3 is 8.98 Å². The summed E-state index contributed by atoms with van der Waals surface area (Å²) in [4.78, 5) is 20.1. The average molecular weight is 1180 g/mol. The Labute approximate surface area is 437 Å². The van der Waals surface area contributed by atoms with Crippen molar-refractivity contribution in [3.8, 4) is 28.3 Å². The van der Waals surface area contributed by atoms with E-state index in [1.165, 1.54) is 38.7 Å². The zero-order valence-corrected chi connectivity index (χ0v) is 48.9. The van der Waals surface area contributed by atoms with Crippen LogP contribution in [0, 0.1) is 25.0 Å². The van der Waals surface area contributed by atoms with Crippen LogP contribution in [-0.2, 0) is 31.9 Å². The molecule has 0 bridgehead atoms. The first-order chi connectivity index (χ1) is 33.2. The van der Waals surface area contributed by atoms with Gasteiger partial charge in [0.15, 0.2) is 0 Å². The molecule has 0 aliphatic carbocycles. The number of benzene rings is 5. The summed E-state index contributed by atoms with van der Waals surface area (Å²) in [5.74, 6) is 9.64. The summed E-state index contributed by atoms with van der Waals surface area (Å²) in [6.07, 6.45) is 3.29. The van der Waals surface area contributed by atoms with Crippen LogP contribution in [0.2, 0.25) is 17.3 Å². The summed E-state index contributed by atoms with van der Waals surface area (Å²) in [5, 5.41) is 5.59. The monoisotopic (exact) mass is 1180 g/mol. The molecule has 0 aliphatic heterocycles. The van der Waals surface area contributed by atoms with Gasteiger partial charge >= 0.3 is 151 Å². The minimum atomic E-state index is -1.91. The number of hydrogen-bond acceptors (Lipinski definition) is 5. The molecular weight excluding hydrogens is 1110 g/mol. The molecule has 0 aliphatic rings. The van der Waals surface area contributed by atoms with Gasteiger partial charge in [0.2, 0.25) is 5.71 Å². The third-order valence-corrected chi connectivity index (χ3v) is 18.0. The second-order valence-electron chi connectivity index (χ2n) is 22.7. The van der Waals surface area contributed by atoms with E-state index in [4.69, 9.17) is 24.4 Å². The fourth-order valence-corrected chi connectivity index (χ4v) is 13.4. The number of rotatable bonds is 9. The molecular formula is C63H69GeIrN5O-2. The first-order valence-electron chi connectivity index (χ1n) is 25.3. The van der Waals surface area contributed by atoms with E-state index in [9.17, 15) is 0 Å². The molecule has 367 valence electrons. The molecule has 8 heteroatoms. The molecule has 5 heterocycles. The fraction of sp³-hybridized carbons (Fsp3) is 0.333. The van der Waals surface area contributed by atoms with E-state index in [-0.39, 0.29) is 37.4 Å². The molecule has 5 aromatic carbocycles. The predicted octanol–water partition coefficient (Wildman–Crippen LogP) is 16.8. The van der Waals surface area contributed by atoms with Gasteiger partial charge in [-0.25, -0.2) is 4.98 Å². The maximum absolute atomic E-state index is 6.64. The third kappa shape index (κ3) is 10.2. The van der Waals surface area contributed by atoms with E-state index in [0.717, 1.165) is 78.7 Å². The summed E-state index contributed by atoms with van der Waals surface area (Å²) >= 11 is -1.91. The quantitative estimate of drug-likeness (QED) is 0.106. The van der Waals surface area contributed by atoms with Gasteiger partial charge in [-0.05, 0) is 89.0 Å². The largest absolute Gasteiger partial charge is 0.486 e. The van der Waals surface area contributed by atoms with E-state index in [1.54, 1.807) is 4.40 Å². The van der Waals surface area contributed by atoms with Crippen LogP contribution in [0.15, 0.2) is 114 Å². The van der Waals surface area contributed by atoms with Crippen LogP contribution < -0.4 is 4.40 Å². The molecule has 6 nitrogen and oxygen atoms in total. The Morgan fingerprint density at radius 1 is 0.690 bits per heavy atom. The molecule has 0 saturated heterocycles. The van der Waals surface area contributed by atoms with Gasteiger partial charge in [0.25, 0.3) is 0 Å². The maximum Gasteiger partial charge on any atom is 0.216 e. The van der Waals surface area contributed by atoms with Crippen LogP contribution in [0.3, 0.4) is 0 Å². The van der Waals surface area contributed by atoms with Crippen molar-refractivity contribution in [2.24, 2.45) is 5.92 Å². The predicted molar refractivity (Wildman–Crippen MR) is 299 cm³/mol. The van der Waals surface area contributed by atoms with Gasteiger partial charge in [-0.2, -0.15) is 0 Å². The summed E-state index contributed by atoms with van der Waals surface area (Å²) in [7, 11) is 0. The standard InChI is InChI=1S/C41H37N4O.C22H32GeN.Ir/c1-22(2)32-21-26-11-8-9-12-27(26)36(24(5)6)38(32)45-37-30-16-15-25(7)42-34(30)19-20-35(37)43-40(45)31-14-10-13-28-29-17-18-33(23(3)4)44-41(29)46-39(28)31;1-16(2)12-18-14-21(24-15-20(18)23(6,7)8)17-10-9-11-19(13-17)22(3,4)5;/h8-13,15-24H,1-7H3;9,11,13-16H,12H2,1-8H3;/q2*-1;. The summed E-state index contributed by atoms with van der Waals surface area (Å²) in [6.45, 7) is 26.8. The van der Waals surface area contributed by atoms with Crippen LogP contribution in [0.25, 0.3) is 83.1 Å². The van der Waals surface area contributed by atoms with E-state index >= 15 is 0 Å². The average Bonchev–Trinajstić information content (AvgIpc) is 3.89. The Bertz CT molecular complexity index is 3580. The SMILES string of the molecule is CC(C)Cc1cc(-c2[c-]ccc(C(C)(C)C)c2)nc[c]1[Ge]([CH3])([CH3])[CH3].Cc1ccc2c(ccc3nc(-c4[c-]ccc5c4oc4nc(C(C)C)ccc45)n(-c4c(C(C)C)cc5ccccc5c4C(C)C)c32)n1.[Ir]. The molecule has 0 saturated carbocycles. The van der Waals surface area contributed by atoms with Crippen LogP contribution >= 0.6 is 0 Å². The first-order valence-corrected chi connectivity index (χ1v) is 32.6. The van der Waals surface area contributed by atoms with Gasteiger partial charge in [-0.3, -0.25) is 9.97 Å². The minimum absolute atomic E-state index is 0. The number of imidazole rings is 1. The van der Waals surface area contributed by atoms with Crippen molar-refractivity contribution in [1.82, 2.24) is 24.5 Å². The molecule has 1 radical (unpaired) electrons. The van der Waals surface area contributed by atoms with E-state index in [2.05, 4.69) is 207 Å². The molecule has 0 atom stereocenters. The Balaban J connectivity index is 0.000000230. The number of fused-ring (bicyclic) bond motifs is 7. The molecule has 0 N–H and O–H groups in total. The topological polar surface area (TPSA) is 69.6 Å². The van der Waals surface area contributed by atoms with Crippen molar-refractivity contribution in [3.63, 3.8) is 0 Å². The van der Waals surface area contributed by atoms with Gasteiger partial charge in [0, 0.05) is 48.0 Å². The van der Waals surface area contributed by atoms with Crippen molar-refractivity contribution in [2.45, 2.75) is 130 Å².